The third-order valence-electron chi connectivity index (χ3n) is 4.85. The van der Waals surface area contributed by atoms with Crippen molar-refractivity contribution in [3.63, 3.8) is 0 Å². The van der Waals surface area contributed by atoms with Crippen LogP contribution in [0.5, 0.6) is 0 Å². The molecule has 2 unspecified atom stereocenters. The van der Waals surface area contributed by atoms with Crippen molar-refractivity contribution in [3.05, 3.63) is 0 Å². The van der Waals surface area contributed by atoms with Gasteiger partial charge in [-0.1, -0.05) is 13.8 Å². The molecule has 9 heteroatoms. The molecule has 24 heavy (non-hydrogen) atoms. The number of hydrogen-bond acceptors (Lipinski definition) is 3. The quantitative estimate of drug-likeness (QED) is 0.167. The summed E-state index contributed by atoms with van der Waals surface area (Å²) in [7, 11) is 0.225. The zero-order valence-corrected chi connectivity index (χ0v) is 20.6. The Morgan fingerprint density at radius 3 is 1.92 bits per heavy atom. The summed E-state index contributed by atoms with van der Waals surface area (Å²) in [6, 6.07) is 0. The number of carboxylic acid groups (broad SMARTS) is 1. The van der Waals surface area contributed by atoms with Crippen LogP contribution in [0.25, 0.3) is 0 Å². The largest absolute Gasteiger partial charge is 2.00 e. The average molecular weight is 381 g/mol. The van der Waals surface area contributed by atoms with Crippen LogP contribution >= 0.6 is 8.46 Å². The Balaban J connectivity index is -0.000000167. The first-order chi connectivity index (χ1) is 9.56. The van der Waals surface area contributed by atoms with Gasteiger partial charge in [-0.15, -0.1) is 0 Å². The van der Waals surface area contributed by atoms with Crippen molar-refractivity contribution in [1.29, 1.82) is 0 Å². The maximum atomic E-state index is 10.6. The van der Waals surface area contributed by atoms with E-state index in [1.54, 1.807) is 0 Å². The Labute approximate surface area is 195 Å². The zero-order chi connectivity index (χ0) is 15.0. The van der Waals surface area contributed by atoms with Gasteiger partial charge in [0.25, 0.3) is 0 Å². The van der Waals surface area contributed by atoms with Gasteiger partial charge in [-0.25, -0.2) is 0 Å². The molecule has 0 aromatic heterocycles. The fourth-order valence-electron chi connectivity index (χ4n) is 3.80. The number of aliphatic carboxylic acids is 1. The van der Waals surface area contributed by atoms with Crippen molar-refractivity contribution in [3.8, 4) is 0 Å². The maximum Gasteiger partial charge on any atom is 1.00 e. The molecule has 1 aliphatic rings. The molecule has 0 aliphatic carbocycles. The summed E-state index contributed by atoms with van der Waals surface area (Å²) in [6.07, 6.45) is 4.95. The summed E-state index contributed by atoms with van der Waals surface area (Å²) in [4.78, 5) is 10.6. The summed E-state index contributed by atoms with van der Waals surface area (Å²) in [5, 5.41) is 10.6. The molecular formula is C15H30NNa2O5P-4. The van der Waals surface area contributed by atoms with Crippen molar-refractivity contribution >= 4 is 14.4 Å². The second kappa shape index (κ2) is 17.8. The van der Waals surface area contributed by atoms with Crippen LogP contribution in [-0.2, 0) is 20.3 Å². The van der Waals surface area contributed by atoms with Crippen molar-refractivity contribution in [1.82, 2.24) is 0 Å². The molecule has 0 spiro atoms. The number of likely N-dealkylation sites (tertiary alicyclic amines) is 1. The van der Waals surface area contributed by atoms with E-state index in [0.717, 1.165) is 48.9 Å². The molecule has 0 saturated carbocycles. The van der Waals surface area contributed by atoms with E-state index >= 15 is 0 Å². The molecule has 1 aliphatic heterocycles. The minimum absolute atomic E-state index is 0. The van der Waals surface area contributed by atoms with E-state index in [1.165, 1.54) is 12.8 Å². The molecule has 1 saturated heterocycles. The van der Waals surface area contributed by atoms with Gasteiger partial charge in [0.05, 0.1) is 26.2 Å². The Kier molecular flexibility index (Phi) is 24.6. The number of hydrogen-bond donors (Lipinski definition) is 0. The van der Waals surface area contributed by atoms with Gasteiger partial charge in [-0.2, -0.15) is 0 Å². The summed E-state index contributed by atoms with van der Waals surface area (Å²) in [5.74, 6) is 0.569. The van der Waals surface area contributed by atoms with Crippen LogP contribution in [-0.4, -0.2) is 42.8 Å². The van der Waals surface area contributed by atoms with Crippen molar-refractivity contribution in [2.45, 2.75) is 46.0 Å². The van der Waals surface area contributed by atoms with Gasteiger partial charge in [0, 0.05) is 36.8 Å². The maximum absolute atomic E-state index is 10.6. The fourth-order valence-corrected chi connectivity index (χ4v) is 4.07. The summed E-state index contributed by atoms with van der Waals surface area (Å²) < 4.78 is 11.7. The number of carbonyl (C=O) groups excluding carboxylic acids is 1. The van der Waals surface area contributed by atoms with Gasteiger partial charge in [0.2, 0.25) is 0 Å². The molecule has 136 valence electrons. The van der Waals surface area contributed by atoms with E-state index in [9.17, 15) is 14.5 Å². The molecule has 0 aromatic carbocycles. The van der Waals surface area contributed by atoms with Gasteiger partial charge >= 0.3 is 59.1 Å². The minimum atomic E-state index is -0.945. The van der Waals surface area contributed by atoms with Gasteiger partial charge < -0.3 is 28.2 Å². The standard InChI is InChI=1S/C15H28NO3P.2Na.2O.2H/c1-3-13-11-16(9-6-10-20-19,12-14(13)4-2)8-5-7-15(17)18;;;;;;/h13-14H,3-12H2,1-2H3;;;;;;/q;2*+1;2*-2;2*-1. The van der Waals surface area contributed by atoms with Crippen molar-refractivity contribution in [2.24, 2.45) is 11.8 Å². The second-order valence-corrected chi connectivity index (χ2v) is 6.88. The van der Waals surface area contributed by atoms with E-state index in [2.05, 4.69) is 13.8 Å². The monoisotopic (exact) mass is 381 g/mol. The Morgan fingerprint density at radius 2 is 1.54 bits per heavy atom. The number of quaternary nitrogens is 1. The van der Waals surface area contributed by atoms with Crippen LogP contribution in [0.4, 0.5) is 0 Å². The summed E-state index contributed by atoms with van der Waals surface area (Å²) in [6.45, 7) is 8.80. The third kappa shape index (κ3) is 11.2. The number of carboxylic acids is 1. The Morgan fingerprint density at radius 1 is 1.08 bits per heavy atom. The molecule has 0 N–H and O–H groups in total. The topological polar surface area (TPSA) is 114 Å². The smallest absolute Gasteiger partial charge is 1.00 e. The minimum Gasteiger partial charge on any atom is -2.00 e. The van der Waals surface area contributed by atoms with Crippen LogP contribution in [0.1, 0.15) is 48.8 Å². The van der Waals surface area contributed by atoms with Gasteiger partial charge in [0.1, 0.15) is 0 Å². The molecule has 0 amide bonds. The van der Waals surface area contributed by atoms with Crippen LogP contribution in [0, 0.1) is 11.8 Å². The first-order valence-electron chi connectivity index (χ1n) is 7.91. The Bertz CT molecular complexity index is 335. The van der Waals surface area contributed by atoms with Crippen LogP contribution < -0.4 is 64.2 Å². The predicted octanol–water partition coefficient (Wildman–Crippen LogP) is -3.92. The Hall–Kier alpha value is 1.45. The molecule has 1 rings (SSSR count). The van der Waals surface area contributed by atoms with E-state index < -0.39 is 5.97 Å². The number of rotatable bonds is 10. The van der Waals surface area contributed by atoms with Crippen LogP contribution in [0.15, 0.2) is 0 Å². The van der Waals surface area contributed by atoms with Crippen molar-refractivity contribution in [2.75, 3.05) is 32.3 Å². The van der Waals surface area contributed by atoms with Gasteiger partial charge in [0.15, 0.2) is 8.46 Å². The summed E-state index contributed by atoms with van der Waals surface area (Å²) >= 11 is 0. The van der Waals surface area contributed by atoms with Gasteiger partial charge in [-0.05, 0) is 19.3 Å². The van der Waals surface area contributed by atoms with Crippen molar-refractivity contribution < 1.29 is 91.9 Å². The van der Waals surface area contributed by atoms with E-state index in [0.29, 0.717) is 12.6 Å². The number of nitrogens with zero attached hydrogens (tertiary/aromatic N) is 1. The molecule has 0 aromatic rings. The predicted molar refractivity (Wildman–Crippen MR) is 82.2 cm³/mol. The SMILES string of the molecule is CCC1C[N+](CCCP=O)(CCCC(=O)[O-])CC1CC.[H-].[H-].[Na+].[Na+].[O-2].[O-2]. The number of carbonyl (C=O) groups is 1. The molecule has 1 fully saturated rings. The van der Waals surface area contributed by atoms with E-state index in [-0.39, 0.29) is 87.8 Å². The zero-order valence-electron chi connectivity index (χ0n) is 17.7. The molecular weight excluding hydrogens is 351 g/mol. The second-order valence-electron chi connectivity index (χ2n) is 6.17. The molecule has 2 atom stereocenters. The first-order valence-corrected chi connectivity index (χ1v) is 8.90. The van der Waals surface area contributed by atoms with Gasteiger partial charge in [-0.3, -0.25) is 4.57 Å². The van der Waals surface area contributed by atoms with E-state index in [1.807, 2.05) is 0 Å². The summed E-state index contributed by atoms with van der Waals surface area (Å²) in [5.41, 5.74) is 0. The third-order valence-corrected chi connectivity index (χ3v) is 5.35. The van der Waals surface area contributed by atoms with Crippen LogP contribution in [0.3, 0.4) is 0 Å². The molecule has 1 heterocycles. The molecule has 0 bridgehead atoms. The molecule has 6 nitrogen and oxygen atoms in total. The van der Waals surface area contributed by atoms with Crippen LogP contribution in [0.2, 0.25) is 0 Å². The first kappa shape index (κ1) is 33.1. The normalized spacial score (nSPS) is 24.9. The molecule has 0 radical (unpaired) electrons. The van der Waals surface area contributed by atoms with E-state index in [4.69, 9.17) is 0 Å². The fraction of sp³-hybridized carbons (Fsp3) is 0.933. The average Bonchev–Trinajstić information content (AvgIpc) is 2.77.